The fourth-order valence-electron chi connectivity index (χ4n) is 4.73. The normalized spacial score (nSPS) is 16.4. The van der Waals surface area contributed by atoms with E-state index in [1.54, 1.807) is 4.68 Å². The Balaban J connectivity index is 1.38. The average Bonchev–Trinajstić information content (AvgIpc) is 3.28. The summed E-state index contributed by atoms with van der Waals surface area (Å²) in [6, 6.07) is 16.1. The van der Waals surface area contributed by atoms with E-state index in [0.29, 0.717) is 36.7 Å². The quantitative estimate of drug-likeness (QED) is 0.469. The molecule has 0 bridgehead atoms. The number of carbonyl (C=O) groups is 1. The zero-order chi connectivity index (χ0) is 25.4. The molecule has 1 fully saturated rings. The highest BCUT2D eigenvalue weighted by atomic mass is 16.2. The first kappa shape index (κ1) is 23.9. The molecule has 8 heteroatoms. The van der Waals surface area contributed by atoms with Crippen LogP contribution in [0.1, 0.15) is 72.4 Å². The van der Waals surface area contributed by atoms with Crippen molar-refractivity contribution in [1.29, 1.82) is 0 Å². The Bertz CT molecular complexity index is 1440. The molecule has 0 saturated carbocycles. The van der Waals surface area contributed by atoms with Crippen LogP contribution >= 0.6 is 0 Å². The number of aromatic nitrogens is 5. The first-order chi connectivity index (χ1) is 17.2. The number of likely N-dealkylation sites (tertiary alicyclic amines) is 1. The van der Waals surface area contributed by atoms with Gasteiger partial charge in [-0.2, -0.15) is 0 Å². The predicted molar refractivity (Wildman–Crippen MR) is 139 cm³/mol. The maximum atomic E-state index is 13.3. The molecule has 1 atom stereocenters. The number of nitrogens with one attached hydrogen (secondary N) is 1. The summed E-state index contributed by atoms with van der Waals surface area (Å²) in [7, 11) is 0. The van der Waals surface area contributed by atoms with Crippen molar-refractivity contribution in [2.45, 2.75) is 58.4 Å². The molecule has 2 aromatic carbocycles. The maximum Gasteiger partial charge on any atom is 0.281 e. The second-order valence-electron chi connectivity index (χ2n) is 10.8. The van der Waals surface area contributed by atoms with Gasteiger partial charge in [-0.1, -0.05) is 67.9 Å². The van der Waals surface area contributed by atoms with Crippen molar-refractivity contribution in [1.82, 2.24) is 29.9 Å². The summed E-state index contributed by atoms with van der Waals surface area (Å²) in [5, 5.41) is 8.25. The lowest BCUT2D eigenvalue weighted by molar-refractivity contribution is 0.0704. The van der Waals surface area contributed by atoms with E-state index in [0.717, 1.165) is 18.4 Å². The summed E-state index contributed by atoms with van der Waals surface area (Å²) in [5.41, 5.74) is 4.55. The molecule has 1 amide bonds. The number of hydrogen-bond donors (Lipinski definition) is 1. The molecule has 2 aromatic heterocycles. The summed E-state index contributed by atoms with van der Waals surface area (Å²) < 4.78 is 1.67. The summed E-state index contributed by atoms with van der Waals surface area (Å²) in [6.45, 7) is 10.2. The lowest BCUT2D eigenvalue weighted by Crippen LogP contribution is -2.40. The van der Waals surface area contributed by atoms with Gasteiger partial charge in [-0.05, 0) is 48.4 Å². The monoisotopic (exact) mass is 484 g/mol. The summed E-state index contributed by atoms with van der Waals surface area (Å²) in [5.74, 6) is 0.534. The minimum atomic E-state index is -0.300. The van der Waals surface area contributed by atoms with Gasteiger partial charge in [0.25, 0.3) is 11.5 Å². The van der Waals surface area contributed by atoms with Gasteiger partial charge in [-0.25, -0.2) is 9.67 Å². The van der Waals surface area contributed by atoms with Crippen LogP contribution in [0.3, 0.4) is 0 Å². The number of piperidine rings is 1. The van der Waals surface area contributed by atoms with Crippen LogP contribution in [0.5, 0.6) is 0 Å². The minimum absolute atomic E-state index is 0.00895. The molecule has 8 nitrogen and oxygen atoms in total. The highest BCUT2D eigenvalue weighted by Gasteiger charge is 2.28. The number of fused-ring (bicyclic) bond motifs is 1. The molecular weight excluding hydrogens is 452 g/mol. The van der Waals surface area contributed by atoms with Crippen LogP contribution in [0, 0.1) is 6.92 Å². The number of H-pyrrole nitrogens is 1. The fourth-order valence-corrected chi connectivity index (χ4v) is 4.73. The van der Waals surface area contributed by atoms with Crippen molar-refractivity contribution in [3.63, 3.8) is 0 Å². The van der Waals surface area contributed by atoms with Gasteiger partial charge in [-0.3, -0.25) is 9.59 Å². The van der Waals surface area contributed by atoms with Gasteiger partial charge in [0, 0.05) is 24.6 Å². The van der Waals surface area contributed by atoms with Crippen molar-refractivity contribution in [2.24, 2.45) is 0 Å². The van der Waals surface area contributed by atoms with Gasteiger partial charge >= 0.3 is 0 Å². The number of nitrogens with zero attached hydrogens (tertiary/aromatic N) is 5. The van der Waals surface area contributed by atoms with Crippen molar-refractivity contribution >= 4 is 17.1 Å². The van der Waals surface area contributed by atoms with Gasteiger partial charge in [0.15, 0.2) is 11.2 Å². The number of carbonyl (C=O) groups excluding carboxylic acids is 1. The fraction of sp³-hybridized carbons (Fsp3) is 0.393. The smallest absolute Gasteiger partial charge is 0.281 e. The van der Waals surface area contributed by atoms with E-state index in [-0.39, 0.29) is 28.3 Å². The van der Waals surface area contributed by atoms with Crippen LogP contribution < -0.4 is 5.56 Å². The molecule has 0 radical (unpaired) electrons. The third kappa shape index (κ3) is 4.80. The minimum Gasteiger partial charge on any atom is -0.338 e. The van der Waals surface area contributed by atoms with E-state index in [2.05, 4.69) is 36.1 Å². The maximum absolute atomic E-state index is 13.3. The molecule has 1 aliphatic heterocycles. The van der Waals surface area contributed by atoms with Gasteiger partial charge in [0.1, 0.15) is 5.82 Å². The van der Waals surface area contributed by atoms with Crippen LogP contribution in [-0.4, -0.2) is 48.9 Å². The largest absolute Gasteiger partial charge is 0.338 e. The molecule has 186 valence electrons. The first-order valence-electron chi connectivity index (χ1n) is 12.5. The van der Waals surface area contributed by atoms with Crippen LogP contribution in [0.15, 0.2) is 53.3 Å². The van der Waals surface area contributed by atoms with E-state index in [1.807, 2.05) is 60.4 Å². The van der Waals surface area contributed by atoms with Crippen molar-refractivity contribution < 1.29 is 4.79 Å². The van der Waals surface area contributed by atoms with Crippen LogP contribution in [0.4, 0.5) is 0 Å². The molecule has 3 heterocycles. The molecule has 36 heavy (non-hydrogen) atoms. The second-order valence-corrected chi connectivity index (χ2v) is 10.8. The zero-order valence-corrected chi connectivity index (χ0v) is 21.3. The Morgan fingerprint density at radius 2 is 1.81 bits per heavy atom. The van der Waals surface area contributed by atoms with E-state index in [9.17, 15) is 9.59 Å². The van der Waals surface area contributed by atoms with Crippen LogP contribution in [-0.2, 0) is 12.0 Å². The topological polar surface area (TPSA) is 96.8 Å². The molecule has 0 spiro atoms. The lowest BCUT2D eigenvalue weighted by atomic mass is 9.86. The third-order valence-corrected chi connectivity index (χ3v) is 6.94. The van der Waals surface area contributed by atoms with Gasteiger partial charge in [0.2, 0.25) is 0 Å². The number of amides is 1. The van der Waals surface area contributed by atoms with Gasteiger partial charge < -0.3 is 9.88 Å². The zero-order valence-electron chi connectivity index (χ0n) is 21.3. The first-order valence-corrected chi connectivity index (χ1v) is 12.5. The molecule has 1 N–H and O–H groups in total. The average molecular weight is 485 g/mol. The number of hydrogen-bond acceptors (Lipinski definition) is 5. The standard InChI is InChI=1S/C28H32N6O2/c1-18-7-9-19(10-8-18)16-34-25-23(31-32-34)26(35)30-24(29-25)21-6-5-15-33(17-21)27(36)20-11-13-22(14-12-20)28(2,3)4/h7-14,21H,5-6,15-17H2,1-4H3,(H,29,30,35)/t21-/m0/s1. The molecule has 5 rings (SSSR count). The molecular formula is C28H32N6O2. The molecule has 1 saturated heterocycles. The molecule has 4 aromatic rings. The van der Waals surface area contributed by atoms with E-state index < -0.39 is 0 Å². The van der Waals surface area contributed by atoms with Crippen molar-refractivity contribution in [3.05, 3.63) is 87.0 Å². The number of aromatic amines is 1. The Hall–Kier alpha value is -3.81. The Labute approximate surface area is 210 Å². The highest BCUT2D eigenvalue weighted by molar-refractivity contribution is 5.94. The molecule has 1 aliphatic rings. The number of benzene rings is 2. The van der Waals surface area contributed by atoms with Crippen molar-refractivity contribution in [2.75, 3.05) is 13.1 Å². The number of rotatable bonds is 4. The Morgan fingerprint density at radius 3 is 2.50 bits per heavy atom. The summed E-state index contributed by atoms with van der Waals surface area (Å²) >= 11 is 0. The van der Waals surface area contributed by atoms with E-state index in [1.165, 1.54) is 11.1 Å². The Morgan fingerprint density at radius 1 is 1.08 bits per heavy atom. The molecule has 0 unspecified atom stereocenters. The highest BCUT2D eigenvalue weighted by Crippen LogP contribution is 2.27. The van der Waals surface area contributed by atoms with Crippen molar-refractivity contribution in [3.8, 4) is 0 Å². The predicted octanol–water partition coefficient (Wildman–Crippen LogP) is 4.19. The van der Waals surface area contributed by atoms with Crippen LogP contribution in [0.2, 0.25) is 0 Å². The van der Waals surface area contributed by atoms with Crippen LogP contribution in [0.25, 0.3) is 11.2 Å². The Kier molecular flexibility index (Phi) is 6.20. The third-order valence-electron chi connectivity index (χ3n) is 6.94. The van der Waals surface area contributed by atoms with E-state index >= 15 is 0 Å². The van der Waals surface area contributed by atoms with E-state index in [4.69, 9.17) is 4.98 Å². The summed E-state index contributed by atoms with van der Waals surface area (Å²) in [6.07, 6.45) is 1.69. The molecule has 0 aliphatic carbocycles. The summed E-state index contributed by atoms with van der Waals surface area (Å²) in [4.78, 5) is 35.6. The number of aryl methyl sites for hydroxylation is 1. The SMILES string of the molecule is Cc1ccc(Cn2nnc3c(=O)[nH]c([C@H]4CCCN(C(=O)c5ccc(C(C)(C)C)cc5)C4)nc32)cc1. The van der Waals surface area contributed by atoms with Gasteiger partial charge in [0.05, 0.1) is 6.54 Å². The second kappa shape index (κ2) is 9.33. The van der Waals surface area contributed by atoms with Gasteiger partial charge in [-0.15, -0.1) is 5.10 Å². The lowest BCUT2D eigenvalue weighted by Gasteiger charge is -2.32.